The van der Waals surface area contributed by atoms with Crippen LogP contribution in [0.1, 0.15) is 45.1 Å². The van der Waals surface area contributed by atoms with Crippen molar-refractivity contribution in [1.82, 2.24) is 5.32 Å². The van der Waals surface area contributed by atoms with E-state index >= 15 is 0 Å². The zero-order valence-corrected chi connectivity index (χ0v) is 10.5. The fourth-order valence-electron chi connectivity index (χ4n) is 2.01. The van der Waals surface area contributed by atoms with E-state index in [1.807, 2.05) is 12.1 Å². The zero-order valence-electron chi connectivity index (χ0n) is 10.5. The molecule has 0 amide bonds. The van der Waals surface area contributed by atoms with Gasteiger partial charge in [0.05, 0.1) is 0 Å². The van der Waals surface area contributed by atoms with Gasteiger partial charge < -0.3 is 5.32 Å². The Kier molecular flexibility index (Phi) is 5.47. The van der Waals surface area contributed by atoms with Crippen LogP contribution in [0.2, 0.25) is 0 Å². The minimum Gasteiger partial charge on any atom is -0.314 e. The molecule has 0 aliphatic heterocycles. The molecule has 90 valence electrons. The zero-order chi connectivity index (χ0) is 12.0. The van der Waals surface area contributed by atoms with E-state index in [1.165, 1.54) is 6.07 Å². The fourth-order valence-corrected chi connectivity index (χ4v) is 2.01. The van der Waals surface area contributed by atoms with Gasteiger partial charge in [-0.1, -0.05) is 32.0 Å². The summed E-state index contributed by atoms with van der Waals surface area (Å²) in [6.45, 7) is 7.43. The third-order valence-corrected chi connectivity index (χ3v) is 2.89. The van der Waals surface area contributed by atoms with Crippen LogP contribution >= 0.6 is 0 Å². The highest BCUT2D eigenvalue weighted by Crippen LogP contribution is 2.22. The summed E-state index contributed by atoms with van der Waals surface area (Å²) >= 11 is 0. The highest BCUT2D eigenvalue weighted by atomic mass is 19.1. The molecular weight excluding hydrogens is 201 g/mol. The summed E-state index contributed by atoms with van der Waals surface area (Å²) in [5.74, 6) is 0.179. The van der Waals surface area contributed by atoms with E-state index in [4.69, 9.17) is 0 Å². The van der Waals surface area contributed by atoms with Gasteiger partial charge in [-0.25, -0.2) is 4.39 Å². The Hall–Kier alpha value is -0.890. The van der Waals surface area contributed by atoms with Crippen molar-refractivity contribution >= 4 is 0 Å². The van der Waals surface area contributed by atoms with Crippen molar-refractivity contribution in [2.75, 3.05) is 6.54 Å². The summed E-state index contributed by atoms with van der Waals surface area (Å²) < 4.78 is 13.5. The second-order valence-electron chi connectivity index (χ2n) is 4.51. The van der Waals surface area contributed by atoms with Crippen LogP contribution in [0, 0.1) is 5.82 Å². The van der Waals surface area contributed by atoms with Crippen LogP contribution in [0.4, 0.5) is 4.39 Å². The van der Waals surface area contributed by atoms with E-state index in [0.717, 1.165) is 24.9 Å². The third-order valence-electron chi connectivity index (χ3n) is 2.89. The lowest BCUT2D eigenvalue weighted by Crippen LogP contribution is -2.28. The average Bonchev–Trinajstić information content (AvgIpc) is 2.26. The first-order valence-corrected chi connectivity index (χ1v) is 6.13. The largest absolute Gasteiger partial charge is 0.314 e. The van der Waals surface area contributed by atoms with Crippen LogP contribution in [-0.4, -0.2) is 12.6 Å². The summed E-state index contributed by atoms with van der Waals surface area (Å²) in [7, 11) is 0. The normalized spacial score (nSPS) is 14.8. The summed E-state index contributed by atoms with van der Waals surface area (Å²) in [6, 6.07) is 7.50. The predicted octanol–water partition coefficient (Wildman–Crippen LogP) is 3.71. The van der Waals surface area contributed by atoms with Crippen LogP contribution in [0.5, 0.6) is 0 Å². The van der Waals surface area contributed by atoms with Gasteiger partial charge in [-0.15, -0.1) is 0 Å². The first kappa shape index (κ1) is 13.2. The fraction of sp³-hybridized carbons (Fsp3) is 0.571. The number of rotatable bonds is 6. The number of halogens is 1. The van der Waals surface area contributed by atoms with E-state index in [9.17, 15) is 4.39 Å². The number of benzene rings is 1. The maximum atomic E-state index is 13.5. The Morgan fingerprint density at radius 1 is 1.25 bits per heavy atom. The molecule has 0 bridgehead atoms. The number of hydrogen-bond donors (Lipinski definition) is 1. The Morgan fingerprint density at radius 3 is 2.56 bits per heavy atom. The van der Waals surface area contributed by atoms with Gasteiger partial charge in [0.25, 0.3) is 0 Å². The molecule has 1 rings (SSSR count). The summed E-state index contributed by atoms with van der Waals surface area (Å²) in [4.78, 5) is 0. The van der Waals surface area contributed by atoms with E-state index in [1.54, 1.807) is 6.07 Å². The van der Waals surface area contributed by atoms with Crippen LogP contribution in [0.15, 0.2) is 24.3 Å². The first-order chi connectivity index (χ1) is 7.65. The van der Waals surface area contributed by atoms with Crippen LogP contribution in [0.25, 0.3) is 0 Å². The van der Waals surface area contributed by atoms with Gasteiger partial charge in [0.2, 0.25) is 0 Å². The Bertz CT molecular complexity index is 311. The standard InChI is InChI=1S/C14H22FN/c1-4-9-16-12(3)10-11(2)13-7-5-6-8-14(13)15/h5-8,11-12,16H,4,9-10H2,1-3H3. The van der Waals surface area contributed by atoms with Gasteiger partial charge >= 0.3 is 0 Å². The van der Waals surface area contributed by atoms with Crippen molar-refractivity contribution < 1.29 is 4.39 Å². The van der Waals surface area contributed by atoms with Crippen molar-refractivity contribution in [1.29, 1.82) is 0 Å². The Labute approximate surface area is 98.1 Å². The molecule has 0 aromatic heterocycles. The molecular formula is C14H22FN. The smallest absolute Gasteiger partial charge is 0.126 e. The lowest BCUT2D eigenvalue weighted by atomic mass is 9.94. The highest BCUT2D eigenvalue weighted by Gasteiger charge is 2.13. The molecule has 1 aromatic rings. The van der Waals surface area contributed by atoms with Gasteiger partial charge in [-0.2, -0.15) is 0 Å². The molecule has 2 heteroatoms. The molecule has 16 heavy (non-hydrogen) atoms. The third kappa shape index (κ3) is 3.93. The number of hydrogen-bond acceptors (Lipinski definition) is 1. The van der Waals surface area contributed by atoms with Crippen molar-refractivity contribution in [2.45, 2.75) is 45.6 Å². The Balaban J connectivity index is 2.52. The van der Waals surface area contributed by atoms with Gasteiger partial charge in [0.1, 0.15) is 5.82 Å². The Morgan fingerprint density at radius 2 is 1.94 bits per heavy atom. The molecule has 2 atom stereocenters. The van der Waals surface area contributed by atoms with Gasteiger partial charge in [0, 0.05) is 6.04 Å². The molecule has 0 spiro atoms. The van der Waals surface area contributed by atoms with E-state index in [-0.39, 0.29) is 11.7 Å². The van der Waals surface area contributed by atoms with Crippen molar-refractivity contribution in [3.8, 4) is 0 Å². The molecule has 0 aliphatic carbocycles. The van der Waals surface area contributed by atoms with Gasteiger partial charge in [0.15, 0.2) is 0 Å². The SMILES string of the molecule is CCCNC(C)CC(C)c1ccccc1F. The first-order valence-electron chi connectivity index (χ1n) is 6.13. The van der Waals surface area contributed by atoms with E-state index < -0.39 is 0 Å². The van der Waals surface area contributed by atoms with Crippen LogP contribution in [-0.2, 0) is 0 Å². The quantitative estimate of drug-likeness (QED) is 0.775. The molecule has 0 aliphatic rings. The monoisotopic (exact) mass is 223 g/mol. The van der Waals surface area contributed by atoms with Crippen molar-refractivity contribution in [2.24, 2.45) is 0 Å². The van der Waals surface area contributed by atoms with E-state index in [2.05, 4.69) is 26.1 Å². The lowest BCUT2D eigenvalue weighted by Gasteiger charge is -2.19. The highest BCUT2D eigenvalue weighted by molar-refractivity contribution is 5.21. The molecule has 0 radical (unpaired) electrons. The summed E-state index contributed by atoms with van der Waals surface area (Å²) in [6.07, 6.45) is 2.11. The van der Waals surface area contributed by atoms with Crippen LogP contribution in [0.3, 0.4) is 0 Å². The number of nitrogens with one attached hydrogen (secondary N) is 1. The molecule has 0 heterocycles. The molecule has 1 nitrogen and oxygen atoms in total. The van der Waals surface area contributed by atoms with Gasteiger partial charge in [-0.3, -0.25) is 0 Å². The minimum absolute atomic E-state index is 0.0855. The molecule has 0 fully saturated rings. The average molecular weight is 223 g/mol. The molecule has 1 N–H and O–H groups in total. The second-order valence-corrected chi connectivity index (χ2v) is 4.51. The van der Waals surface area contributed by atoms with Crippen molar-refractivity contribution in [3.63, 3.8) is 0 Å². The second kappa shape index (κ2) is 6.64. The van der Waals surface area contributed by atoms with Gasteiger partial charge in [-0.05, 0) is 43.9 Å². The summed E-state index contributed by atoms with van der Waals surface area (Å²) in [5.41, 5.74) is 0.827. The van der Waals surface area contributed by atoms with Crippen molar-refractivity contribution in [3.05, 3.63) is 35.6 Å². The molecule has 2 unspecified atom stereocenters. The molecule has 0 saturated heterocycles. The molecule has 1 aromatic carbocycles. The molecule has 0 saturated carbocycles. The maximum absolute atomic E-state index is 13.5. The summed E-state index contributed by atoms with van der Waals surface area (Å²) in [5, 5.41) is 3.43. The maximum Gasteiger partial charge on any atom is 0.126 e. The minimum atomic E-state index is -0.0855. The predicted molar refractivity (Wildman–Crippen MR) is 67.2 cm³/mol. The van der Waals surface area contributed by atoms with Crippen LogP contribution < -0.4 is 5.32 Å². The topological polar surface area (TPSA) is 12.0 Å². The lowest BCUT2D eigenvalue weighted by molar-refractivity contribution is 0.468. The van der Waals surface area contributed by atoms with E-state index in [0.29, 0.717) is 6.04 Å².